The lowest BCUT2D eigenvalue weighted by Gasteiger charge is -2.43. The standard InChI is InChI=1S/C13H25N3O4/c1-10(9-20-3)16(7-8-19-2)12(17)13(5-4-6-13)11(14)15-18/h10,18H,4-9H2,1-3H3,(H2,14,15). The zero-order valence-electron chi connectivity index (χ0n) is 12.5. The molecule has 1 unspecified atom stereocenters. The van der Waals surface area contributed by atoms with E-state index in [1.165, 1.54) is 0 Å². The first-order valence-electron chi connectivity index (χ1n) is 6.80. The van der Waals surface area contributed by atoms with Gasteiger partial charge < -0.3 is 25.3 Å². The molecule has 0 saturated heterocycles. The largest absolute Gasteiger partial charge is 0.409 e. The summed E-state index contributed by atoms with van der Waals surface area (Å²) in [5, 5.41) is 12.0. The van der Waals surface area contributed by atoms with Gasteiger partial charge in [-0.25, -0.2) is 0 Å². The molecule has 0 radical (unpaired) electrons. The number of nitrogens with two attached hydrogens (primary N) is 1. The smallest absolute Gasteiger partial charge is 0.236 e. The van der Waals surface area contributed by atoms with Gasteiger partial charge in [-0.1, -0.05) is 11.6 Å². The van der Waals surface area contributed by atoms with Gasteiger partial charge >= 0.3 is 0 Å². The van der Waals surface area contributed by atoms with Gasteiger partial charge in [0.15, 0.2) is 5.84 Å². The maximum absolute atomic E-state index is 12.8. The number of oxime groups is 1. The molecule has 0 aromatic heterocycles. The lowest BCUT2D eigenvalue weighted by molar-refractivity contribution is -0.146. The fourth-order valence-corrected chi connectivity index (χ4v) is 2.52. The number of rotatable bonds is 8. The summed E-state index contributed by atoms with van der Waals surface area (Å²) in [6.07, 6.45) is 2.13. The Hall–Kier alpha value is -1.34. The number of methoxy groups -OCH3 is 2. The highest BCUT2D eigenvalue weighted by Gasteiger charge is 2.50. The van der Waals surface area contributed by atoms with Crippen molar-refractivity contribution in [3.05, 3.63) is 0 Å². The third-order valence-electron chi connectivity index (χ3n) is 3.95. The van der Waals surface area contributed by atoms with Crippen LogP contribution in [-0.4, -0.2) is 61.9 Å². The first-order valence-corrected chi connectivity index (χ1v) is 6.80. The summed E-state index contributed by atoms with van der Waals surface area (Å²) >= 11 is 0. The Morgan fingerprint density at radius 2 is 2.10 bits per heavy atom. The third-order valence-corrected chi connectivity index (χ3v) is 3.95. The maximum atomic E-state index is 12.8. The molecule has 0 aromatic carbocycles. The molecule has 1 aliphatic rings. The van der Waals surface area contributed by atoms with E-state index in [4.69, 9.17) is 20.4 Å². The summed E-state index contributed by atoms with van der Waals surface area (Å²) in [6.45, 7) is 3.24. The van der Waals surface area contributed by atoms with Crippen molar-refractivity contribution in [2.75, 3.05) is 34.0 Å². The van der Waals surface area contributed by atoms with Crippen LogP contribution < -0.4 is 5.73 Å². The Balaban J connectivity index is 2.91. The zero-order valence-corrected chi connectivity index (χ0v) is 12.5. The summed E-state index contributed by atoms with van der Waals surface area (Å²) in [4.78, 5) is 14.5. The van der Waals surface area contributed by atoms with Gasteiger partial charge in [0.1, 0.15) is 5.41 Å². The second-order valence-corrected chi connectivity index (χ2v) is 5.22. The number of amidine groups is 1. The van der Waals surface area contributed by atoms with Gasteiger partial charge in [0.05, 0.1) is 19.3 Å². The van der Waals surface area contributed by atoms with Crippen molar-refractivity contribution < 1.29 is 19.5 Å². The highest BCUT2D eigenvalue weighted by atomic mass is 16.5. The van der Waals surface area contributed by atoms with Crippen molar-refractivity contribution in [2.24, 2.45) is 16.3 Å². The van der Waals surface area contributed by atoms with Crippen LogP contribution in [0.25, 0.3) is 0 Å². The van der Waals surface area contributed by atoms with Crippen molar-refractivity contribution in [1.82, 2.24) is 4.90 Å². The number of hydrogen-bond donors (Lipinski definition) is 2. The average Bonchev–Trinajstić information content (AvgIpc) is 2.38. The molecule has 1 fully saturated rings. The lowest BCUT2D eigenvalue weighted by atomic mass is 9.66. The van der Waals surface area contributed by atoms with Crippen molar-refractivity contribution >= 4 is 11.7 Å². The summed E-state index contributed by atoms with van der Waals surface area (Å²) < 4.78 is 10.2. The molecule has 1 atom stereocenters. The van der Waals surface area contributed by atoms with E-state index < -0.39 is 5.41 Å². The van der Waals surface area contributed by atoms with E-state index in [-0.39, 0.29) is 17.8 Å². The monoisotopic (exact) mass is 287 g/mol. The fraction of sp³-hybridized carbons (Fsp3) is 0.846. The minimum Gasteiger partial charge on any atom is -0.409 e. The van der Waals surface area contributed by atoms with Crippen LogP contribution >= 0.6 is 0 Å². The van der Waals surface area contributed by atoms with Crippen LogP contribution in [0.3, 0.4) is 0 Å². The summed E-state index contributed by atoms with van der Waals surface area (Å²) in [5.41, 5.74) is 4.89. The SMILES string of the molecule is COCCN(C(=O)C1(C(N)=NO)CCC1)C(C)COC. The van der Waals surface area contributed by atoms with E-state index in [0.29, 0.717) is 32.6 Å². The highest BCUT2D eigenvalue weighted by molar-refractivity contribution is 6.07. The Morgan fingerprint density at radius 1 is 1.45 bits per heavy atom. The first-order chi connectivity index (χ1) is 9.53. The van der Waals surface area contributed by atoms with E-state index in [1.54, 1.807) is 19.1 Å². The molecule has 116 valence electrons. The highest BCUT2D eigenvalue weighted by Crippen LogP contribution is 2.43. The number of carbonyl (C=O) groups excluding carboxylic acids is 1. The molecule has 7 nitrogen and oxygen atoms in total. The van der Waals surface area contributed by atoms with Crippen LogP contribution in [0.2, 0.25) is 0 Å². The van der Waals surface area contributed by atoms with Crippen LogP contribution in [0, 0.1) is 5.41 Å². The molecule has 0 spiro atoms. The average molecular weight is 287 g/mol. The minimum absolute atomic E-state index is 0.000726. The fourth-order valence-electron chi connectivity index (χ4n) is 2.52. The number of nitrogens with zero attached hydrogens (tertiary/aromatic N) is 2. The van der Waals surface area contributed by atoms with Crippen LogP contribution in [0.4, 0.5) is 0 Å². The number of carbonyl (C=O) groups is 1. The Labute approximate surface area is 119 Å². The molecule has 7 heteroatoms. The normalized spacial score (nSPS) is 19.2. The van der Waals surface area contributed by atoms with E-state index in [9.17, 15) is 4.79 Å². The lowest BCUT2D eigenvalue weighted by Crippen LogP contribution is -2.58. The van der Waals surface area contributed by atoms with E-state index >= 15 is 0 Å². The van der Waals surface area contributed by atoms with E-state index in [0.717, 1.165) is 6.42 Å². The number of hydrogen-bond acceptors (Lipinski definition) is 5. The molecule has 1 saturated carbocycles. The first kappa shape index (κ1) is 16.7. The molecule has 0 aromatic rings. The van der Waals surface area contributed by atoms with Gasteiger partial charge in [0, 0.05) is 20.8 Å². The minimum atomic E-state index is -0.857. The zero-order chi connectivity index (χ0) is 15.2. The molecule has 20 heavy (non-hydrogen) atoms. The predicted octanol–water partition coefficient (Wildman–Crippen LogP) is 0.413. The molecule has 1 aliphatic carbocycles. The van der Waals surface area contributed by atoms with Crippen LogP contribution in [0.1, 0.15) is 26.2 Å². The molecule has 0 heterocycles. The molecule has 3 N–H and O–H groups in total. The Morgan fingerprint density at radius 3 is 2.50 bits per heavy atom. The topological polar surface area (TPSA) is 97.4 Å². The van der Waals surface area contributed by atoms with Gasteiger partial charge in [0.2, 0.25) is 5.91 Å². The van der Waals surface area contributed by atoms with Crippen molar-refractivity contribution in [3.8, 4) is 0 Å². The second-order valence-electron chi connectivity index (χ2n) is 5.22. The van der Waals surface area contributed by atoms with Crippen molar-refractivity contribution in [2.45, 2.75) is 32.2 Å². The predicted molar refractivity (Wildman–Crippen MR) is 74.6 cm³/mol. The van der Waals surface area contributed by atoms with Crippen molar-refractivity contribution in [1.29, 1.82) is 0 Å². The Bertz CT molecular complexity index is 356. The Kier molecular flexibility index (Phi) is 6.22. The number of ether oxygens (including phenoxy) is 2. The molecule has 1 amide bonds. The molecular weight excluding hydrogens is 262 g/mol. The van der Waals surface area contributed by atoms with Gasteiger partial charge in [-0.2, -0.15) is 0 Å². The summed E-state index contributed by atoms with van der Waals surface area (Å²) in [6, 6.07) is -0.0911. The van der Waals surface area contributed by atoms with Crippen LogP contribution in [-0.2, 0) is 14.3 Å². The van der Waals surface area contributed by atoms with Gasteiger partial charge in [0.25, 0.3) is 0 Å². The van der Waals surface area contributed by atoms with E-state index in [2.05, 4.69) is 5.16 Å². The quantitative estimate of drug-likeness (QED) is 0.292. The number of amides is 1. The third kappa shape index (κ3) is 3.21. The van der Waals surface area contributed by atoms with E-state index in [1.807, 2.05) is 6.92 Å². The molecule has 1 rings (SSSR count). The molecule has 0 aliphatic heterocycles. The van der Waals surface area contributed by atoms with Gasteiger partial charge in [-0.15, -0.1) is 0 Å². The summed E-state index contributed by atoms with van der Waals surface area (Å²) in [5.74, 6) is -0.110. The maximum Gasteiger partial charge on any atom is 0.236 e. The van der Waals surface area contributed by atoms with Gasteiger partial charge in [-0.3, -0.25) is 4.79 Å². The van der Waals surface area contributed by atoms with Crippen LogP contribution in [0.15, 0.2) is 5.16 Å². The molecular formula is C13H25N3O4. The van der Waals surface area contributed by atoms with Crippen molar-refractivity contribution in [3.63, 3.8) is 0 Å². The summed E-state index contributed by atoms with van der Waals surface area (Å²) in [7, 11) is 3.18. The van der Waals surface area contributed by atoms with Crippen LogP contribution in [0.5, 0.6) is 0 Å². The van der Waals surface area contributed by atoms with Gasteiger partial charge in [-0.05, 0) is 19.8 Å². The second kappa shape index (κ2) is 7.44. The molecule has 0 bridgehead atoms.